The first kappa shape index (κ1) is 17.3. The van der Waals surface area contributed by atoms with E-state index < -0.39 is 11.9 Å². The lowest BCUT2D eigenvalue weighted by Crippen LogP contribution is -2.09. The lowest BCUT2D eigenvalue weighted by atomic mass is 10.1. The molecule has 1 aliphatic rings. The minimum Gasteiger partial charge on any atom is -0.454 e. The molecule has 10 heteroatoms. The van der Waals surface area contributed by atoms with Gasteiger partial charge < -0.3 is 15.2 Å². The lowest BCUT2D eigenvalue weighted by Gasteiger charge is -2.10. The average Bonchev–Trinajstić information content (AvgIpc) is 3.31. The average molecular weight is 399 g/mol. The molecule has 0 spiro atoms. The summed E-state index contributed by atoms with van der Waals surface area (Å²) in [6, 6.07) is 9.86. The first-order valence-electron chi connectivity index (χ1n) is 8.49. The molecule has 5 rings (SSSR count). The van der Waals surface area contributed by atoms with Crippen molar-refractivity contribution >= 4 is 11.5 Å². The highest BCUT2D eigenvalue weighted by Crippen LogP contribution is 2.39. The van der Waals surface area contributed by atoms with Gasteiger partial charge in [0.15, 0.2) is 23.0 Å². The molecule has 0 radical (unpaired) electrons. The van der Waals surface area contributed by atoms with Crippen molar-refractivity contribution in [3.63, 3.8) is 0 Å². The molecule has 0 amide bonds. The van der Waals surface area contributed by atoms with Crippen molar-refractivity contribution in [3.05, 3.63) is 54.5 Å². The third kappa shape index (κ3) is 2.80. The number of alkyl halides is 3. The fraction of sp³-hybridized carbons (Fsp3) is 0.105. The maximum absolute atomic E-state index is 13.6. The Hall–Kier alpha value is -3.82. The monoisotopic (exact) mass is 399 g/mol. The molecule has 0 saturated carbocycles. The highest BCUT2D eigenvalue weighted by atomic mass is 19.4. The normalized spacial score (nSPS) is 13.2. The molecule has 4 aromatic rings. The number of rotatable bonds is 2. The van der Waals surface area contributed by atoms with Gasteiger partial charge in [-0.05, 0) is 29.8 Å². The molecule has 0 aliphatic carbocycles. The van der Waals surface area contributed by atoms with Crippen molar-refractivity contribution in [2.45, 2.75) is 6.18 Å². The summed E-state index contributed by atoms with van der Waals surface area (Å²) in [4.78, 5) is 12.0. The standard InChI is InChI=1S/C19H12F3N5O2/c20-19(21,22)16-15(27-6-2-1-3-14(27)25-16)18-24-8-11(17(23)26-18)10-4-5-12-13(7-10)29-9-28-12/h1-8H,9H2,(H2,23,24,26). The van der Waals surface area contributed by atoms with E-state index in [2.05, 4.69) is 15.0 Å². The molecule has 3 aromatic heterocycles. The van der Waals surface area contributed by atoms with Crippen molar-refractivity contribution in [1.29, 1.82) is 0 Å². The Morgan fingerprint density at radius 2 is 1.86 bits per heavy atom. The Morgan fingerprint density at radius 3 is 2.66 bits per heavy atom. The van der Waals surface area contributed by atoms with Gasteiger partial charge in [-0.15, -0.1) is 0 Å². The Bertz CT molecular complexity index is 1250. The van der Waals surface area contributed by atoms with Crippen LogP contribution in [0.1, 0.15) is 5.69 Å². The Kier molecular flexibility index (Phi) is 3.63. The second-order valence-corrected chi connectivity index (χ2v) is 6.30. The van der Waals surface area contributed by atoms with Crippen LogP contribution in [0.5, 0.6) is 11.5 Å². The number of halogens is 3. The number of fused-ring (bicyclic) bond motifs is 2. The second-order valence-electron chi connectivity index (χ2n) is 6.30. The van der Waals surface area contributed by atoms with Gasteiger partial charge in [0, 0.05) is 18.0 Å². The molecule has 1 aliphatic heterocycles. The number of benzene rings is 1. The number of pyridine rings is 1. The molecule has 0 atom stereocenters. The van der Waals surface area contributed by atoms with Gasteiger partial charge in [-0.3, -0.25) is 4.40 Å². The van der Waals surface area contributed by atoms with Crippen LogP contribution in [0.4, 0.5) is 19.0 Å². The Morgan fingerprint density at radius 1 is 1.03 bits per heavy atom. The van der Waals surface area contributed by atoms with E-state index in [1.807, 2.05) is 0 Å². The number of anilines is 1. The highest BCUT2D eigenvalue weighted by molar-refractivity contribution is 5.77. The van der Waals surface area contributed by atoms with Gasteiger partial charge in [-0.1, -0.05) is 12.1 Å². The number of nitrogens with zero attached hydrogens (tertiary/aromatic N) is 4. The molecule has 4 heterocycles. The summed E-state index contributed by atoms with van der Waals surface area (Å²) >= 11 is 0. The number of hydrogen-bond acceptors (Lipinski definition) is 6. The number of ether oxygens (including phenoxy) is 2. The van der Waals surface area contributed by atoms with E-state index in [4.69, 9.17) is 15.2 Å². The first-order valence-corrected chi connectivity index (χ1v) is 8.49. The quantitative estimate of drug-likeness (QED) is 0.552. The van der Waals surface area contributed by atoms with Gasteiger partial charge in [0.25, 0.3) is 0 Å². The number of imidazole rings is 1. The van der Waals surface area contributed by atoms with Crippen LogP contribution in [0.15, 0.2) is 48.8 Å². The van der Waals surface area contributed by atoms with Gasteiger partial charge in [0.05, 0.1) is 0 Å². The van der Waals surface area contributed by atoms with E-state index in [-0.39, 0.29) is 29.8 Å². The number of aromatic nitrogens is 4. The van der Waals surface area contributed by atoms with Crippen molar-refractivity contribution in [2.75, 3.05) is 12.5 Å². The molecule has 0 bridgehead atoms. The van der Waals surface area contributed by atoms with Gasteiger partial charge in [-0.2, -0.15) is 13.2 Å². The van der Waals surface area contributed by atoms with Crippen molar-refractivity contribution < 1.29 is 22.6 Å². The van der Waals surface area contributed by atoms with Crippen LogP contribution in [0.3, 0.4) is 0 Å². The molecule has 29 heavy (non-hydrogen) atoms. The van der Waals surface area contributed by atoms with Gasteiger partial charge >= 0.3 is 6.18 Å². The summed E-state index contributed by atoms with van der Waals surface area (Å²) in [5.74, 6) is 1.02. The second kappa shape index (κ2) is 6.09. The summed E-state index contributed by atoms with van der Waals surface area (Å²) in [5.41, 5.74) is 6.00. The fourth-order valence-electron chi connectivity index (χ4n) is 3.20. The molecular weight excluding hydrogens is 387 g/mol. The summed E-state index contributed by atoms with van der Waals surface area (Å²) in [6.07, 6.45) is -1.81. The van der Waals surface area contributed by atoms with E-state index in [1.54, 1.807) is 30.3 Å². The molecule has 2 N–H and O–H groups in total. The third-order valence-electron chi connectivity index (χ3n) is 4.51. The van der Waals surface area contributed by atoms with Crippen LogP contribution >= 0.6 is 0 Å². The van der Waals surface area contributed by atoms with Crippen LogP contribution < -0.4 is 15.2 Å². The van der Waals surface area contributed by atoms with Crippen LogP contribution in [0.25, 0.3) is 28.3 Å². The molecule has 1 aromatic carbocycles. The van der Waals surface area contributed by atoms with E-state index in [0.717, 1.165) is 0 Å². The zero-order chi connectivity index (χ0) is 20.2. The molecule has 0 fully saturated rings. The summed E-state index contributed by atoms with van der Waals surface area (Å²) < 4.78 is 52.6. The van der Waals surface area contributed by atoms with Crippen molar-refractivity contribution in [2.24, 2.45) is 0 Å². The summed E-state index contributed by atoms with van der Waals surface area (Å²) in [7, 11) is 0. The number of nitrogen functional groups attached to an aromatic ring is 1. The molecule has 146 valence electrons. The minimum absolute atomic E-state index is 0.0351. The molecule has 0 unspecified atom stereocenters. The zero-order valence-electron chi connectivity index (χ0n) is 14.6. The van der Waals surface area contributed by atoms with E-state index in [1.165, 1.54) is 22.9 Å². The summed E-state index contributed by atoms with van der Waals surface area (Å²) in [5, 5.41) is 0. The van der Waals surface area contributed by atoms with Crippen molar-refractivity contribution in [3.8, 4) is 34.1 Å². The highest BCUT2D eigenvalue weighted by Gasteiger charge is 2.39. The first-order chi connectivity index (χ1) is 13.9. The van der Waals surface area contributed by atoms with Crippen LogP contribution in [-0.2, 0) is 6.18 Å². The van der Waals surface area contributed by atoms with Crippen molar-refractivity contribution in [1.82, 2.24) is 19.4 Å². The Labute approximate surface area is 161 Å². The smallest absolute Gasteiger partial charge is 0.435 e. The van der Waals surface area contributed by atoms with Crippen LogP contribution in [-0.4, -0.2) is 26.1 Å². The van der Waals surface area contributed by atoms with Crippen LogP contribution in [0, 0.1) is 0 Å². The SMILES string of the molecule is Nc1nc(-c2c(C(F)(F)F)nc3ccccn23)ncc1-c1ccc2c(c1)OCO2. The molecular formula is C19H12F3N5O2. The van der Waals surface area contributed by atoms with Gasteiger partial charge in [-0.25, -0.2) is 15.0 Å². The van der Waals surface area contributed by atoms with E-state index in [9.17, 15) is 13.2 Å². The maximum atomic E-state index is 13.6. The topological polar surface area (TPSA) is 87.6 Å². The predicted octanol–water partition coefficient (Wildman–Crippen LogP) is 3.79. The van der Waals surface area contributed by atoms with E-state index >= 15 is 0 Å². The number of hydrogen-bond donors (Lipinski definition) is 1. The zero-order valence-corrected chi connectivity index (χ0v) is 14.6. The van der Waals surface area contributed by atoms with Gasteiger partial charge in [0.2, 0.25) is 6.79 Å². The minimum atomic E-state index is -4.67. The van der Waals surface area contributed by atoms with Crippen LogP contribution in [0.2, 0.25) is 0 Å². The predicted molar refractivity (Wildman–Crippen MR) is 97.2 cm³/mol. The largest absolute Gasteiger partial charge is 0.454 e. The summed E-state index contributed by atoms with van der Waals surface area (Å²) in [6.45, 7) is 0.123. The number of nitrogens with two attached hydrogens (primary N) is 1. The molecule has 0 saturated heterocycles. The lowest BCUT2D eigenvalue weighted by molar-refractivity contribution is -0.140. The molecule has 7 nitrogen and oxygen atoms in total. The third-order valence-corrected chi connectivity index (χ3v) is 4.51. The fourth-order valence-corrected chi connectivity index (χ4v) is 3.20. The van der Waals surface area contributed by atoms with Gasteiger partial charge in [0.1, 0.15) is 17.2 Å². The Balaban J connectivity index is 1.65. The van der Waals surface area contributed by atoms with E-state index in [0.29, 0.717) is 22.6 Å². The maximum Gasteiger partial charge on any atom is 0.435 e.